The summed E-state index contributed by atoms with van der Waals surface area (Å²) in [5.41, 5.74) is 6.17. The van der Waals surface area contributed by atoms with E-state index in [1.54, 1.807) is 123 Å². The number of nitrogens with zero attached hydrogens (tertiary/aromatic N) is 6. The van der Waals surface area contributed by atoms with Crippen molar-refractivity contribution < 1.29 is 111 Å². The third kappa shape index (κ3) is 17.9. The molecular weight excluding hydrogens is 1860 g/mol. The number of hydrogen-bond acceptors (Lipinski definition) is 25. The SMILES string of the molecule is CCC1CC2CN3CCc4c([nH]c5ccc(OC)cc45)[C@](C(=O)OC)(C2)C13.CCC1CC2CN3CCc4c(n(C(=O)OC(=O)c5ccccc5)c5ccc(O)cc45)[C@](C(=O)O)(C2)C13.CCC1CC2CN3CCc4c(n(C(=O)OC(=O)c5ccccc5)c5ccc(OC(=O)OC)cc45)[C@](C(=O)O)(C2)C13.CCC1CC2C[C@H]3c4[nH]c5ccc(O)cc5c4CCN(C2)C13.COC(=O)Cl.O=C(Cl)OC(=O)c1ccccc1. The number of carbonyl (C=O) groups excluding carboxylic acids is 9. The maximum Gasteiger partial charge on any atom is 0.513 e. The number of esters is 4. The van der Waals surface area contributed by atoms with Crippen LogP contribution >= 0.6 is 23.2 Å². The van der Waals surface area contributed by atoms with E-state index < -0.39 is 75.3 Å². The van der Waals surface area contributed by atoms with Gasteiger partial charge >= 0.3 is 65.0 Å². The van der Waals surface area contributed by atoms with Gasteiger partial charge < -0.3 is 68.3 Å². The first-order chi connectivity index (χ1) is 68.4. The Balaban J connectivity index is 0.000000120. The van der Waals surface area contributed by atoms with Crippen molar-refractivity contribution in [2.75, 3.05) is 80.8 Å². The van der Waals surface area contributed by atoms with E-state index in [2.05, 4.69) is 95.2 Å². The summed E-state index contributed by atoms with van der Waals surface area (Å²) >= 11 is 9.44. The molecule has 7 aromatic carbocycles. The predicted octanol–water partition coefficient (Wildman–Crippen LogP) is 18.9. The third-order valence-corrected chi connectivity index (χ3v) is 32.8. The second kappa shape index (κ2) is 40.8. The second-order valence-electron chi connectivity index (χ2n) is 39.7. The number of nitrogens with one attached hydrogen (secondary N) is 2. The number of ether oxygens (including phenoxy) is 8. The Morgan fingerprint density at radius 2 is 0.810 bits per heavy atom. The molecule has 4 aliphatic carbocycles. The molecule has 142 heavy (non-hydrogen) atoms. The summed E-state index contributed by atoms with van der Waals surface area (Å²) in [5.74, 6) is 1.27. The summed E-state index contributed by atoms with van der Waals surface area (Å²) in [7, 11) is 5.66. The molecule has 4 aromatic heterocycles. The molecule has 12 aliphatic heterocycles. The lowest BCUT2D eigenvalue weighted by Gasteiger charge is -2.57. The molecule has 0 amide bonds. The molecule has 20 atom stereocenters. The summed E-state index contributed by atoms with van der Waals surface area (Å²) in [5, 5.41) is 45.7. The number of carbonyl (C=O) groups is 11. The molecule has 12 fully saturated rings. The Morgan fingerprint density at radius 1 is 0.408 bits per heavy atom. The van der Waals surface area contributed by atoms with E-state index in [1.807, 2.05) is 18.2 Å². The zero-order chi connectivity index (χ0) is 100. The number of phenolic OH excluding ortho intramolecular Hbond substituents is 2. The number of aliphatic carboxylic acids is 2. The molecule has 0 spiro atoms. The Hall–Kier alpha value is -12.9. The summed E-state index contributed by atoms with van der Waals surface area (Å²) in [6.07, 6.45) is 12.0. The molecule has 16 unspecified atom stereocenters. The molecule has 27 rings (SSSR count). The molecule has 0 radical (unpaired) electrons. The van der Waals surface area contributed by atoms with Gasteiger partial charge in [0.05, 0.1) is 67.6 Å². The van der Waals surface area contributed by atoms with E-state index in [0.29, 0.717) is 107 Å². The zero-order valence-electron chi connectivity index (χ0n) is 80.5. The molecule has 4 saturated carbocycles. The summed E-state index contributed by atoms with van der Waals surface area (Å²) in [6, 6.07) is 46.2. The lowest BCUT2D eigenvalue weighted by molar-refractivity contribution is -0.162. The molecule has 33 heteroatoms. The monoisotopic (exact) mass is 1980 g/mol. The number of fused-ring (bicyclic) bond motifs is 16. The first kappa shape index (κ1) is 99.2. The van der Waals surface area contributed by atoms with Gasteiger partial charge in [-0.3, -0.25) is 34.0 Å². The van der Waals surface area contributed by atoms with E-state index in [4.69, 9.17) is 35.3 Å². The molecule has 11 aromatic rings. The topological polar surface area (TPSA) is 397 Å². The van der Waals surface area contributed by atoms with Gasteiger partial charge in [0.1, 0.15) is 39.2 Å². The molecule has 16 aliphatic rings. The predicted molar refractivity (Wildman–Crippen MR) is 527 cm³/mol. The number of benzene rings is 7. The van der Waals surface area contributed by atoms with Crippen LogP contribution in [-0.2, 0) is 84.7 Å². The molecule has 8 saturated heterocycles. The number of phenols is 2. The number of carboxylic acid groups (broad SMARTS) is 2. The number of rotatable bonds is 12. The maximum atomic E-state index is 13.9. The smallest absolute Gasteiger partial charge is 0.508 e. The third-order valence-electron chi connectivity index (χ3n) is 32.5. The van der Waals surface area contributed by atoms with Crippen LogP contribution in [0.1, 0.15) is 187 Å². The highest BCUT2D eigenvalue weighted by molar-refractivity contribution is 6.62. The van der Waals surface area contributed by atoms with Crippen LogP contribution in [0.4, 0.5) is 24.0 Å². The maximum absolute atomic E-state index is 13.9. The van der Waals surface area contributed by atoms with Gasteiger partial charge in [0.25, 0.3) is 0 Å². The number of carboxylic acids is 2. The summed E-state index contributed by atoms with van der Waals surface area (Å²) < 4.78 is 42.1. The zero-order valence-corrected chi connectivity index (χ0v) is 82.1. The van der Waals surface area contributed by atoms with Crippen molar-refractivity contribution >= 4 is 132 Å². The van der Waals surface area contributed by atoms with Crippen LogP contribution in [0.3, 0.4) is 0 Å². The lowest BCUT2D eigenvalue weighted by Crippen LogP contribution is -2.67. The number of hydrogen-bond donors (Lipinski definition) is 6. The average Bonchev–Trinajstić information content (AvgIpc) is 1.52. The summed E-state index contributed by atoms with van der Waals surface area (Å²) in [6.45, 7) is 16.4. The van der Waals surface area contributed by atoms with Crippen LogP contribution < -0.4 is 9.47 Å². The Morgan fingerprint density at radius 3 is 1.28 bits per heavy atom. The average molecular weight is 1980 g/mol. The number of halogens is 2. The van der Waals surface area contributed by atoms with E-state index >= 15 is 0 Å². The lowest BCUT2D eigenvalue weighted by atomic mass is 9.56. The van der Waals surface area contributed by atoms with Crippen molar-refractivity contribution in [1.29, 1.82) is 0 Å². The van der Waals surface area contributed by atoms with Crippen molar-refractivity contribution in [3.8, 4) is 23.0 Å². The van der Waals surface area contributed by atoms with Gasteiger partial charge in [-0.1, -0.05) is 108 Å². The Labute approximate surface area is 830 Å². The Kier molecular flexibility index (Phi) is 28.5. The van der Waals surface area contributed by atoms with Crippen molar-refractivity contribution in [2.45, 2.75) is 177 Å². The highest BCUT2D eigenvalue weighted by atomic mass is 35.5. The first-order valence-electron chi connectivity index (χ1n) is 49.1. The van der Waals surface area contributed by atoms with Gasteiger partial charge in [0, 0.05) is 150 Å². The molecule has 16 bridgehead atoms. The van der Waals surface area contributed by atoms with E-state index in [0.717, 1.165) is 118 Å². The van der Waals surface area contributed by atoms with Crippen LogP contribution in [0.2, 0.25) is 0 Å². The number of aromatic nitrogens is 4. The largest absolute Gasteiger partial charge is 0.513 e. The highest BCUT2D eigenvalue weighted by Gasteiger charge is 2.67. The van der Waals surface area contributed by atoms with Gasteiger partial charge in [-0.05, 0) is 256 Å². The highest BCUT2D eigenvalue weighted by Crippen LogP contribution is 2.61. The first-order valence-corrected chi connectivity index (χ1v) is 49.9. The number of H-pyrrole nitrogens is 2. The van der Waals surface area contributed by atoms with Gasteiger partial charge in [-0.15, -0.1) is 0 Å². The minimum absolute atomic E-state index is 0.0287. The molecule has 6 N–H and O–H groups in total. The van der Waals surface area contributed by atoms with E-state index in [9.17, 15) is 73.2 Å². The van der Waals surface area contributed by atoms with Crippen molar-refractivity contribution in [2.24, 2.45) is 47.3 Å². The minimum atomic E-state index is -1.38. The minimum Gasteiger partial charge on any atom is -0.508 e. The van der Waals surface area contributed by atoms with Crippen molar-refractivity contribution in [3.63, 3.8) is 0 Å². The van der Waals surface area contributed by atoms with E-state index in [-0.39, 0.29) is 70.4 Å². The molecule has 31 nitrogen and oxygen atoms in total. The van der Waals surface area contributed by atoms with Crippen LogP contribution in [0, 0.1) is 47.3 Å². The fourth-order valence-corrected chi connectivity index (χ4v) is 27.6. The van der Waals surface area contributed by atoms with Crippen LogP contribution in [0.25, 0.3) is 43.6 Å². The van der Waals surface area contributed by atoms with Gasteiger partial charge in [0.15, 0.2) is 0 Å². The van der Waals surface area contributed by atoms with Crippen LogP contribution in [0.5, 0.6) is 23.0 Å². The number of methoxy groups -OCH3 is 4. The molecule has 16 heterocycles. The molecule has 746 valence electrons. The second-order valence-corrected chi connectivity index (χ2v) is 40.3. The number of aromatic amines is 2. The standard InChI is InChI=1S/C30H30N2O8.C28H28N2O6.C22H28N2O3.C19H24N2O.C8H5ClO3.C2H3ClO2/c1-3-18-13-17-15-30(27(34)35)24(18)31(16-17)12-11-21-22-14-20(39-29(37)38-2)9-10-23(22)32(25(21)30)28(36)40-26(33)19-7-5-4-6-8-19;1-2-17-12-16-14-28(26(33)34)23(17)29(15-16)11-10-20-21-13-19(31)8-9-22(21)30(24(20)28)27(35)36-25(32)18-6-4-3-5-7-18;1-4-14-9-13-11-22(21(25)27-3)19-16(7-8-24(12-13)20(14)22)17-10-15(26-2)5-6-18(17)23-19;1-2-12-7-11-8-16-18-14(5-6-21(10-11)19(12)16)15-9-13(22)3-4-17(15)20-18;9-8(11)12-7(10)6-4-2-1-3-5-6;1-5-2(3)4/h4-10,14,17-18,24H,3,11-13,15-16H2,1-2H3,(H,34,35);3-9,13,16-17,23,31H,2,10-12,14-15H2,1H3,(H,33,34);5-6,10,13-14,20,23H,4,7-9,11-12H2,1-3H3;3-4,9,11-12,16,19-20,22H,2,5-8,10H2,1H3;1-5H;1H3/t17?,18?,24?,30-;16?,17?,23?,28-;13?,14?,20?,22-;11?,12?,16-,19?;;/m0010../s1. The Bertz CT molecular complexity index is 6740. The van der Waals surface area contributed by atoms with Crippen molar-refractivity contribution in [3.05, 3.63) is 226 Å². The van der Waals surface area contributed by atoms with Crippen LogP contribution in [-0.4, -0.2) is 229 Å². The quantitative estimate of drug-likeness (QED) is 0.0217. The molecular formula is C109H118Cl2N8O23. The normalized spacial score (nSPS) is 27.8. The fraction of sp³-hybridized carbons (Fsp3) is 0.440. The van der Waals surface area contributed by atoms with Gasteiger partial charge in [0.2, 0.25) is 0 Å². The number of piperidine rings is 8. The fourth-order valence-electron chi connectivity index (χ4n) is 27.5. The van der Waals surface area contributed by atoms with Gasteiger partial charge in [-0.25, -0.2) is 47.5 Å². The summed E-state index contributed by atoms with van der Waals surface area (Å²) in [4.78, 5) is 153. The van der Waals surface area contributed by atoms with Crippen LogP contribution in [0.15, 0.2) is 164 Å². The van der Waals surface area contributed by atoms with Gasteiger partial charge in [-0.2, -0.15) is 0 Å². The number of aromatic hydroxyl groups is 2. The van der Waals surface area contributed by atoms with E-state index in [1.165, 1.54) is 120 Å². The van der Waals surface area contributed by atoms with Crippen molar-refractivity contribution in [1.82, 2.24) is 38.7 Å².